The molecule has 0 saturated carbocycles. The summed E-state index contributed by atoms with van der Waals surface area (Å²) in [4.78, 5) is 12.8. The molecule has 1 amide bonds. The highest BCUT2D eigenvalue weighted by Gasteiger charge is 2.20. The zero-order valence-electron chi connectivity index (χ0n) is 17.2. The minimum Gasteiger partial charge on any atom is -0.506 e. The second kappa shape index (κ2) is 9.87. The lowest BCUT2D eigenvalue weighted by Crippen LogP contribution is -2.20. The highest BCUT2D eigenvalue weighted by molar-refractivity contribution is 7.81. The number of amides is 1. The Kier molecular flexibility index (Phi) is 6.74. The van der Waals surface area contributed by atoms with Gasteiger partial charge in [-0.1, -0.05) is 54.1 Å². The van der Waals surface area contributed by atoms with E-state index >= 15 is 0 Å². The van der Waals surface area contributed by atoms with Crippen molar-refractivity contribution in [3.05, 3.63) is 108 Å². The number of carbonyl (C=O) groups is 1. The maximum Gasteiger partial charge on any atom is 0.266 e. The number of nitrogens with zero attached hydrogens (tertiary/aromatic N) is 1. The number of benzene rings is 4. The van der Waals surface area contributed by atoms with Crippen LogP contribution in [0.2, 0.25) is 5.02 Å². The summed E-state index contributed by atoms with van der Waals surface area (Å²) >= 11 is 3.42. The van der Waals surface area contributed by atoms with Crippen LogP contribution in [-0.4, -0.2) is 19.8 Å². The first-order valence-electron chi connectivity index (χ1n) is 9.89. The van der Waals surface area contributed by atoms with Crippen molar-refractivity contribution in [1.29, 1.82) is 0 Å². The Hall–Kier alpha value is -3.65. The molecule has 0 heterocycles. The van der Waals surface area contributed by atoms with E-state index in [0.29, 0.717) is 22.0 Å². The number of hydrogen-bond acceptors (Lipinski definition) is 3. The maximum absolute atomic E-state index is 12.8. The molecule has 1 atom stereocenters. The van der Waals surface area contributed by atoms with E-state index in [2.05, 4.69) is 5.32 Å². The summed E-state index contributed by atoms with van der Waals surface area (Å²) in [5.74, 6) is -0.577. The van der Waals surface area contributed by atoms with Crippen molar-refractivity contribution >= 4 is 45.8 Å². The fourth-order valence-corrected chi connectivity index (χ4v) is 4.04. The lowest BCUT2D eigenvalue weighted by atomic mass is 10.0. The van der Waals surface area contributed by atoms with Gasteiger partial charge in [-0.05, 0) is 65.7 Å². The first-order valence-corrected chi connectivity index (χ1v) is 11.3. The number of aromatic hydroxyl groups is 1. The number of phenolic OH excluding ortho intramolecular Hbond substituents is 1. The van der Waals surface area contributed by atoms with Crippen LogP contribution in [0.25, 0.3) is 11.1 Å². The third kappa shape index (κ3) is 5.23. The van der Waals surface area contributed by atoms with E-state index in [1.165, 1.54) is 18.2 Å². The molecule has 3 N–H and O–H groups in total. The minimum atomic E-state index is -2.48. The third-order valence-corrected chi connectivity index (χ3v) is 5.90. The van der Waals surface area contributed by atoms with E-state index in [0.717, 1.165) is 15.4 Å². The average Bonchev–Trinajstić information content (AvgIpc) is 2.83. The van der Waals surface area contributed by atoms with Crippen LogP contribution in [0.3, 0.4) is 0 Å². The van der Waals surface area contributed by atoms with E-state index in [9.17, 15) is 18.7 Å². The summed E-state index contributed by atoms with van der Waals surface area (Å²) in [5, 5.41) is 13.6. The van der Waals surface area contributed by atoms with Crippen molar-refractivity contribution in [1.82, 2.24) is 0 Å². The second-order valence-electron chi connectivity index (χ2n) is 7.10. The van der Waals surface area contributed by atoms with Gasteiger partial charge in [0.25, 0.3) is 17.2 Å². The minimum absolute atomic E-state index is 0.0513. The van der Waals surface area contributed by atoms with Crippen molar-refractivity contribution in [2.75, 3.05) is 9.62 Å². The molecule has 0 aliphatic carbocycles. The highest BCUT2D eigenvalue weighted by Crippen LogP contribution is 2.36. The Bertz CT molecular complexity index is 1300. The summed E-state index contributed by atoms with van der Waals surface area (Å²) in [7, 11) is 0. The number of carbonyl (C=O) groups excluding carboxylic acids is 1. The molecule has 0 radical (unpaired) electrons. The van der Waals surface area contributed by atoms with Crippen LogP contribution in [0.1, 0.15) is 10.4 Å². The Morgan fingerprint density at radius 1 is 0.848 bits per heavy atom. The van der Waals surface area contributed by atoms with Gasteiger partial charge in [0, 0.05) is 16.3 Å². The van der Waals surface area contributed by atoms with Crippen LogP contribution >= 0.6 is 11.6 Å². The Morgan fingerprint density at radius 2 is 1.48 bits per heavy atom. The van der Waals surface area contributed by atoms with Gasteiger partial charge < -0.3 is 10.4 Å². The van der Waals surface area contributed by atoms with Crippen LogP contribution in [0.4, 0.5) is 17.1 Å². The molecule has 4 aromatic rings. The summed E-state index contributed by atoms with van der Waals surface area (Å²) in [5.41, 5.74) is 3.23. The summed E-state index contributed by atoms with van der Waals surface area (Å²) < 4.78 is 22.9. The summed E-state index contributed by atoms with van der Waals surface area (Å²) in [6.45, 7) is 0. The molecule has 0 saturated heterocycles. The smallest absolute Gasteiger partial charge is 0.266 e. The Labute approximate surface area is 198 Å². The van der Waals surface area contributed by atoms with Crippen molar-refractivity contribution in [3.63, 3.8) is 0 Å². The number of rotatable bonds is 6. The quantitative estimate of drug-likeness (QED) is 0.226. The number of hydrogen-bond donors (Lipinski definition) is 3. The van der Waals surface area contributed by atoms with Crippen LogP contribution in [0.5, 0.6) is 5.75 Å². The molecule has 33 heavy (non-hydrogen) atoms. The van der Waals surface area contributed by atoms with Gasteiger partial charge in [-0.2, -0.15) is 0 Å². The van der Waals surface area contributed by atoms with E-state index < -0.39 is 11.3 Å². The topological polar surface area (TPSA) is 89.9 Å². The monoisotopic (exact) mass is 478 g/mol. The molecule has 4 rings (SSSR count). The van der Waals surface area contributed by atoms with Crippen molar-refractivity contribution in [2.45, 2.75) is 0 Å². The molecular weight excluding hydrogens is 460 g/mol. The standard InChI is InChI=1S/C25H19ClN2O4S/c26-20-10-13-22(14-11-20)28(33(31)32)23-16-21(12-15-24(23)29)27-25(30)19-8-6-18(7-9-19)17-4-2-1-3-5-17/h1-16,29H,(H,27,30)(H,31,32). The molecule has 8 heteroatoms. The second-order valence-corrected chi connectivity index (χ2v) is 8.37. The lowest BCUT2D eigenvalue weighted by molar-refractivity contribution is 0.102. The molecule has 0 aromatic heterocycles. The van der Waals surface area contributed by atoms with Crippen LogP contribution in [-0.2, 0) is 11.3 Å². The SMILES string of the molecule is O=C(Nc1ccc(O)c(N(c2ccc(Cl)cc2)S(=O)O)c1)c1ccc(-c2ccccc2)cc1. The van der Waals surface area contributed by atoms with Crippen molar-refractivity contribution < 1.29 is 18.7 Å². The molecule has 6 nitrogen and oxygen atoms in total. The largest absolute Gasteiger partial charge is 0.506 e. The fourth-order valence-electron chi connectivity index (χ4n) is 3.30. The average molecular weight is 479 g/mol. The van der Waals surface area contributed by atoms with Gasteiger partial charge in [-0.25, -0.2) is 8.51 Å². The van der Waals surface area contributed by atoms with Gasteiger partial charge in [-0.15, -0.1) is 0 Å². The molecule has 1 unspecified atom stereocenters. The number of anilines is 3. The predicted octanol–water partition coefficient (Wildman–Crippen LogP) is 6.24. The molecule has 0 bridgehead atoms. The van der Waals surface area contributed by atoms with Crippen LogP contribution in [0, 0.1) is 0 Å². The van der Waals surface area contributed by atoms with E-state index in [4.69, 9.17) is 11.6 Å². The van der Waals surface area contributed by atoms with Crippen molar-refractivity contribution in [2.24, 2.45) is 0 Å². The van der Waals surface area contributed by atoms with Gasteiger partial charge in [0.05, 0.1) is 5.69 Å². The molecule has 0 spiro atoms. The van der Waals surface area contributed by atoms with Gasteiger partial charge in [0.2, 0.25) is 0 Å². The van der Waals surface area contributed by atoms with E-state index in [-0.39, 0.29) is 17.3 Å². The fraction of sp³-hybridized carbons (Fsp3) is 0. The molecule has 166 valence electrons. The number of phenols is 1. The zero-order valence-corrected chi connectivity index (χ0v) is 18.8. The van der Waals surface area contributed by atoms with Crippen LogP contribution < -0.4 is 9.62 Å². The summed E-state index contributed by atoms with van der Waals surface area (Å²) in [6, 6.07) is 27.5. The number of nitrogens with one attached hydrogen (secondary N) is 1. The molecular formula is C25H19ClN2O4S. The van der Waals surface area contributed by atoms with Crippen LogP contribution in [0.15, 0.2) is 97.1 Å². The number of halogens is 1. The van der Waals surface area contributed by atoms with Gasteiger partial charge in [0.15, 0.2) is 0 Å². The van der Waals surface area contributed by atoms with E-state index in [1.54, 1.807) is 36.4 Å². The molecule has 0 aliphatic rings. The van der Waals surface area contributed by atoms with Crippen molar-refractivity contribution in [3.8, 4) is 16.9 Å². The molecule has 4 aromatic carbocycles. The molecule has 0 fully saturated rings. The zero-order chi connectivity index (χ0) is 23.4. The Balaban J connectivity index is 1.58. The van der Waals surface area contributed by atoms with Gasteiger partial charge in [-0.3, -0.25) is 9.35 Å². The third-order valence-electron chi connectivity index (χ3n) is 4.92. The van der Waals surface area contributed by atoms with E-state index in [1.807, 2.05) is 42.5 Å². The normalized spacial score (nSPS) is 11.6. The van der Waals surface area contributed by atoms with Gasteiger partial charge in [0.1, 0.15) is 11.4 Å². The summed E-state index contributed by atoms with van der Waals surface area (Å²) in [6.07, 6.45) is 0. The maximum atomic E-state index is 12.8. The lowest BCUT2D eigenvalue weighted by Gasteiger charge is -2.22. The molecule has 0 aliphatic heterocycles. The first-order chi connectivity index (χ1) is 15.9. The predicted molar refractivity (Wildman–Crippen MR) is 132 cm³/mol. The Morgan fingerprint density at radius 3 is 2.12 bits per heavy atom. The first kappa shape index (κ1) is 22.5. The highest BCUT2D eigenvalue weighted by atomic mass is 35.5. The van der Waals surface area contributed by atoms with Gasteiger partial charge >= 0.3 is 0 Å².